The first-order valence-corrected chi connectivity index (χ1v) is 11.4. The smallest absolute Gasteiger partial charge is 0.264 e. The van der Waals surface area contributed by atoms with E-state index in [-0.39, 0.29) is 17.9 Å². The molecule has 0 bridgehead atoms. The van der Waals surface area contributed by atoms with Crippen molar-refractivity contribution < 1.29 is 9.59 Å². The number of rotatable bonds is 3. The van der Waals surface area contributed by atoms with Crippen LogP contribution >= 0.6 is 34.7 Å². The van der Waals surface area contributed by atoms with Gasteiger partial charge in [0.05, 0.1) is 16.6 Å². The minimum absolute atomic E-state index is 0.0729. The van der Waals surface area contributed by atoms with Crippen LogP contribution in [0.1, 0.15) is 29.4 Å². The normalized spacial score (nSPS) is 21.6. The number of thiophene rings is 1. The van der Waals surface area contributed by atoms with Gasteiger partial charge in [-0.1, -0.05) is 29.4 Å². The molecular formula is C20H20ClN3O2S2. The van der Waals surface area contributed by atoms with Crippen molar-refractivity contribution in [3.05, 3.63) is 51.7 Å². The van der Waals surface area contributed by atoms with E-state index in [1.165, 1.54) is 11.3 Å². The quantitative estimate of drug-likeness (QED) is 0.714. The Morgan fingerprint density at radius 3 is 2.68 bits per heavy atom. The van der Waals surface area contributed by atoms with Crippen molar-refractivity contribution in [1.82, 2.24) is 4.90 Å². The van der Waals surface area contributed by atoms with Crippen LogP contribution < -0.4 is 4.90 Å². The lowest BCUT2D eigenvalue weighted by atomic mass is 10.1. The summed E-state index contributed by atoms with van der Waals surface area (Å²) in [5.74, 6) is 0.663. The van der Waals surface area contributed by atoms with E-state index in [1.807, 2.05) is 36.6 Å². The van der Waals surface area contributed by atoms with Crippen LogP contribution in [-0.4, -0.2) is 46.3 Å². The van der Waals surface area contributed by atoms with Gasteiger partial charge in [0.2, 0.25) is 0 Å². The maximum atomic E-state index is 13.6. The molecule has 0 spiro atoms. The first kappa shape index (κ1) is 19.5. The lowest BCUT2D eigenvalue weighted by molar-refractivity contribution is -0.121. The number of anilines is 1. The number of thioether (sulfide) groups is 1. The van der Waals surface area contributed by atoms with Crippen molar-refractivity contribution in [2.45, 2.75) is 31.8 Å². The summed E-state index contributed by atoms with van der Waals surface area (Å²) in [7, 11) is 0. The molecule has 2 aliphatic heterocycles. The van der Waals surface area contributed by atoms with Gasteiger partial charge in [0.25, 0.3) is 11.8 Å². The molecule has 0 saturated carbocycles. The Hall–Kier alpha value is -1.83. The Morgan fingerprint density at radius 1 is 1.25 bits per heavy atom. The van der Waals surface area contributed by atoms with Crippen molar-refractivity contribution in [2.24, 2.45) is 4.99 Å². The van der Waals surface area contributed by atoms with Crippen molar-refractivity contribution in [2.75, 3.05) is 17.2 Å². The Kier molecular flexibility index (Phi) is 5.75. The van der Waals surface area contributed by atoms with Gasteiger partial charge in [0.15, 0.2) is 5.17 Å². The van der Waals surface area contributed by atoms with E-state index in [0.717, 1.165) is 17.9 Å². The number of hydrogen-bond donors (Lipinski definition) is 0. The largest absolute Gasteiger partial charge is 0.326 e. The Balaban J connectivity index is 1.65. The Morgan fingerprint density at radius 2 is 2.04 bits per heavy atom. The molecule has 2 aliphatic rings. The molecule has 2 aromatic rings. The number of amidine groups is 1. The number of benzene rings is 1. The molecule has 0 N–H and O–H groups in total. The van der Waals surface area contributed by atoms with E-state index in [2.05, 4.69) is 4.99 Å². The molecule has 4 rings (SSSR count). The SMILES string of the molecule is C[C@H]1CSC(N(C(=O)[C@@H]2CCCN2C(=O)c2cccs2)c2ccc(Cl)cc2)=N1. The first-order chi connectivity index (χ1) is 13.5. The molecule has 5 nitrogen and oxygen atoms in total. The minimum atomic E-state index is -0.482. The highest BCUT2D eigenvalue weighted by molar-refractivity contribution is 8.14. The second kappa shape index (κ2) is 8.27. The van der Waals surface area contributed by atoms with Gasteiger partial charge >= 0.3 is 0 Å². The average Bonchev–Trinajstić information content (AvgIpc) is 3.44. The number of amides is 2. The summed E-state index contributed by atoms with van der Waals surface area (Å²) < 4.78 is 0. The lowest BCUT2D eigenvalue weighted by Gasteiger charge is -2.30. The third-order valence-corrected chi connectivity index (χ3v) is 7.12. The fourth-order valence-corrected chi connectivity index (χ4v) is 5.31. The Bertz CT molecular complexity index is 899. The zero-order chi connectivity index (χ0) is 19.7. The predicted octanol–water partition coefficient (Wildman–Crippen LogP) is 4.53. The molecule has 146 valence electrons. The molecule has 1 fully saturated rings. The highest BCUT2D eigenvalue weighted by Gasteiger charge is 2.40. The van der Waals surface area contributed by atoms with Gasteiger partial charge in [-0.25, -0.2) is 0 Å². The van der Waals surface area contributed by atoms with Crippen LogP contribution in [0.5, 0.6) is 0 Å². The fraction of sp³-hybridized carbons (Fsp3) is 0.350. The molecule has 8 heteroatoms. The van der Waals surface area contributed by atoms with E-state index < -0.39 is 6.04 Å². The number of aliphatic imine (C=N–C) groups is 1. The number of hydrogen-bond acceptors (Lipinski definition) is 5. The summed E-state index contributed by atoms with van der Waals surface area (Å²) in [6, 6.07) is 10.5. The van der Waals surface area contributed by atoms with E-state index in [4.69, 9.17) is 11.6 Å². The predicted molar refractivity (Wildman–Crippen MR) is 117 cm³/mol. The summed E-state index contributed by atoms with van der Waals surface area (Å²) in [5, 5.41) is 3.18. The van der Waals surface area contributed by atoms with Gasteiger partial charge in [-0.05, 0) is 55.5 Å². The third-order valence-electron chi connectivity index (χ3n) is 4.81. The van der Waals surface area contributed by atoms with Gasteiger partial charge in [-0.2, -0.15) is 0 Å². The molecule has 0 radical (unpaired) electrons. The molecule has 1 saturated heterocycles. The number of likely N-dealkylation sites (tertiary alicyclic amines) is 1. The van der Waals surface area contributed by atoms with Crippen LogP contribution in [0, 0.1) is 0 Å². The van der Waals surface area contributed by atoms with Crippen LogP contribution in [0.25, 0.3) is 0 Å². The van der Waals surface area contributed by atoms with Crippen LogP contribution in [0.15, 0.2) is 46.8 Å². The van der Waals surface area contributed by atoms with Crippen molar-refractivity contribution in [1.29, 1.82) is 0 Å². The van der Waals surface area contributed by atoms with Crippen LogP contribution in [0.3, 0.4) is 0 Å². The van der Waals surface area contributed by atoms with Crippen molar-refractivity contribution in [3.8, 4) is 0 Å². The molecule has 1 aromatic heterocycles. The fourth-order valence-electron chi connectivity index (χ4n) is 3.46. The summed E-state index contributed by atoms with van der Waals surface area (Å²) in [5.41, 5.74) is 0.727. The van der Waals surface area contributed by atoms with E-state index >= 15 is 0 Å². The van der Waals surface area contributed by atoms with E-state index in [0.29, 0.717) is 28.0 Å². The van der Waals surface area contributed by atoms with E-state index in [1.54, 1.807) is 33.7 Å². The van der Waals surface area contributed by atoms with Gasteiger partial charge in [0.1, 0.15) is 6.04 Å². The van der Waals surface area contributed by atoms with Crippen LogP contribution in [0.2, 0.25) is 5.02 Å². The second-order valence-corrected chi connectivity index (χ2v) is 9.23. The number of carbonyl (C=O) groups is 2. The minimum Gasteiger partial charge on any atom is -0.326 e. The topological polar surface area (TPSA) is 53.0 Å². The summed E-state index contributed by atoms with van der Waals surface area (Å²) >= 11 is 9.01. The molecule has 0 unspecified atom stereocenters. The molecule has 3 heterocycles. The zero-order valence-corrected chi connectivity index (χ0v) is 17.8. The molecular weight excluding hydrogens is 414 g/mol. The average molecular weight is 434 g/mol. The zero-order valence-electron chi connectivity index (χ0n) is 15.4. The molecule has 2 amide bonds. The summed E-state index contributed by atoms with van der Waals surface area (Å²) in [4.78, 5) is 35.2. The molecule has 1 aromatic carbocycles. The molecule has 28 heavy (non-hydrogen) atoms. The standard InChI is InChI=1S/C20H20ClN3O2S2/c1-13-12-28-20(22-13)24(15-8-6-14(21)7-9-15)18(25)16-4-2-10-23(16)19(26)17-5-3-11-27-17/h3,5-9,11,13,16H,2,4,10,12H2,1H3/t13-,16-/m0/s1. The van der Waals surface area contributed by atoms with Crippen molar-refractivity contribution >= 4 is 57.4 Å². The van der Waals surface area contributed by atoms with Gasteiger partial charge < -0.3 is 4.90 Å². The highest BCUT2D eigenvalue weighted by Crippen LogP contribution is 2.31. The maximum absolute atomic E-state index is 13.6. The second-order valence-electron chi connectivity index (χ2n) is 6.86. The van der Waals surface area contributed by atoms with E-state index in [9.17, 15) is 9.59 Å². The Labute approximate surface area is 177 Å². The third kappa shape index (κ3) is 3.83. The number of halogens is 1. The number of nitrogens with zero attached hydrogens (tertiary/aromatic N) is 3. The maximum Gasteiger partial charge on any atom is 0.264 e. The number of carbonyl (C=O) groups excluding carboxylic acids is 2. The lowest BCUT2D eigenvalue weighted by Crippen LogP contribution is -2.49. The van der Waals surface area contributed by atoms with Crippen LogP contribution in [0.4, 0.5) is 5.69 Å². The highest BCUT2D eigenvalue weighted by atomic mass is 35.5. The monoisotopic (exact) mass is 433 g/mol. The van der Waals surface area contributed by atoms with Gasteiger partial charge in [-0.3, -0.25) is 19.5 Å². The van der Waals surface area contributed by atoms with Crippen LogP contribution in [-0.2, 0) is 4.79 Å². The van der Waals surface area contributed by atoms with Crippen molar-refractivity contribution in [3.63, 3.8) is 0 Å². The van der Waals surface area contributed by atoms with Gasteiger partial charge in [-0.15, -0.1) is 11.3 Å². The molecule has 0 aliphatic carbocycles. The summed E-state index contributed by atoms with van der Waals surface area (Å²) in [6.45, 7) is 2.63. The molecule has 2 atom stereocenters. The summed E-state index contributed by atoms with van der Waals surface area (Å²) in [6.07, 6.45) is 1.48. The van der Waals surface area contributed by atoms with Gasteiger partial charge in [0, 0.05) is 17.3 Å². The first-order valence-electron chi connectivity index (χ1n) is 9.19.